The summed E-state index contributed by atoms with van der Waals surface area (Å²) in [4.78, 5) is 2.11. The van der Waals surface area contributed by atoms with E-state index in [2.05, 4.69) is 4.90 Å². The van der Waals surface area contributed by atoms with Gasteiger partial charge in [0, 0.05) is 13.1 Å². The molecular formula is C6H13N3O. The molecule has 0 amide bonds. The molecule has 1 atom stereocenters. The molecule has 0 saturated carbocycles. The number of hydrogen-bond acceptors (Lipinski definition) is 3. The van der Waals surface area contributed by atoms with Crippen LogP contribution in [0.2, 0.25) is 0 Å². The highest BCUT2D eigenvalue weighted by Crippen LogP contribution is 2.01. The summed E-state index contributed by atoms with van der Waals surface area (Å²) < 4.78 is 5.22. The van der Waals surface area contributed by atoms with Crippen LogP contribution in [0.15, 0.2) is 0 Å². The van der Waals surface area contributed by atoms with Crippen LogP contribution in [-0.4, -0.2) is 43.6 Å². The summed E-state index contributed by atoms with van der Waals surface area (Å²) in [5.74, 6) is 0.131. The molecule has 1 aliphatic rings. The van der Waals surface area contributed by atoms with E-state index in [9.17, 15) is 0 Å². The molecule has 58 valence electrons. The predicted molar refractivity (Wildman–Crippen MR) is 39.2 cm³/mol. The van der Waals surface area contributed by atoms with Gasteiger partial charge in [-0.15, -0.1) is 0 Å². The molecule has 4 nitrogen and oxygen atoms in total. The lowest BCUT2D eigenvalue weighted by atomic mass is 10.3. The number of morpholine rings is 1. The van der Waals surface area contributed by atoms with Crippen molar-refractivity contribution in [3.8, 4) is 0 Å². The average molecular weight is 143 g/mol. The largest absolute Gasteiger partial charge is 0.385 e. The fourth-order valence-corrected chi connectivity index (χ4v) is 0.966. The van der Waals surface area contributed by atoms with Crippen molar-refractivity contribution in [3.05, 3.63) is 0 Å². The zero-order valence-electron chi connectivity index (χ0n) is 6.13. The van der Waals surface area contributed by atoms with E-state index >= 15 is 0 Å². The molecule has 1 fully saturated rings. The second-order valence-corrected chi connectivity index (χ2v) is 2.58. The Hall–Kier alpha value is -0.610. The molecular weight excluding hydrogens is 130 g/mol. The van der Waals surface area contributed by atoms with Gasteiger partial charge in [0.15, 0.2) is 0 Å². The van der Waals surface area contributed by atoms with Gasteiger partial charge in [-0.2, -0.15) is 0 Å². The number of ether oxygens (including phenoxy) is 1. The average Bonchev–Trinajstić information content (AvgIpc) is 1.88. The summed E-state index contributed by atoms with van der Waals surface area (Å²) in [5, 5.41) is 7.10. The molecule has 1 aliphatic heterocycles. The highest BCUT2D eigenvalue weighted by molar-refractivity contribution is 5.82. The number of amidine groups is 1. The van der Waals surface area contributed by atoms with Gasteiger partial charge in [-0.1, -0.05) is 0 Å². The van der Waals surface area contributed by atoms with Crippen molar-refractivity contribution in [2.45, 2.75) is 6.10 Å². The molecule has 10 heavy (non-hydrogen) atoms. The zero-order valence-corrected chi connectivity index (χ0v) is 6.13. The van der Waals surface area contributed by atoms with Gasteiger partial charge >= 0.3 is 0 Å². The summed E-state index contributed by atoms with van der Waals surface area (Å²) in [6.45, 7) is 2.36. The smallest absolute Gasteiger partial charge is 0.127 e. The van der Waals surface area contributed by atoms with E-state index in [1.165, 1.54) is 0 Å². The van der Waals surface area contributed by atoms with Crippen LogP contribution in [0.5, 0.6) is 0 Å². The number of nitrogens with two attached hydrogens (primary N) is 1. The van der Waals surface area contributed by atoms with Crippen LogP contribution < -0.4 is 5.73 Å². The van der Waals surface area contributed by atoms with Gasteiger partial charge in [0.1, 0.15) is 11.9 Å². The number of hydrogen-bond donors (Lipinski definition) is 2. The molecule has 1 unspecified atom stereocenters. The maximum absolute atomic E-state index is 7.10. The maximum Gasteiger partial charge on any atom is 0.127 e. The normalized spacial score (nSPS) is 28.3. The highest BCUT2D eigenvalue weighted by Gasteiger charge is 2.19. The van der Waals surface area contributed by atoms with Gasteiger partial charge in [0.2, 0.25) is 0 Å². The van der Waals surface area contributed by atoms with Crippen molar-refractivity contribution in [1.29, 1.82) is 5.41 Å². The van der Waals surface area contributed by atoms with E-state index < -0.39 is 0 Å². The fraction of sp³-hybridized carbons (Fsp3) is 0.833. The Morgan fingerprint density at radius 2 is 2.50 bits per heavy atom. The van der Waals surface area contributed by atoms with Gasteiger partial charge in [0.05, 0.1) is 6.61 Å². The quantitative estimate of drug-likeness (QED) is 0.375. The zero-order chi connectivity index (χ0) is 7.56. The Morgan fingerprint density at radius 1 is 1.80 bits per heavy atom. The van der Waals surface area contributed by atoms with Gasteiger partial charge in [-0.3, -0.25) is 5.41 Å². The van der Waals surface area contributed by atoms with Crippen LogP contribution in [0.3, 0.4) is 0 Å². The first kappa shape index (κ1) is 7.50. The second-order valence-electron chi connectivity index (χ2n) is 2.58. The van der Waals surface area contributed by atoms with E-state index in [1.54, 1.807) is 0 Å². The summed E-state index contributed by atoms with van der Waals surface area (Å²) in [6, 6.07) is 0. The lowest BCUT2D eigenvalue weighted by Crippen LogP contribution is -2.46. The van der Waals surface area contributed by atoms with Crippen LogP contribution in [0.4, 0.5) is 0 Å². The first-order valence-electron chi connectivity index (χ1n) is 3.34. The summed E-state index contributed by atoms with van der Waals surface area (Å²) in [6.07, 6.45) is -0.182. The van der Waals surface area contributed by atoms with Crippen molar-refractivity contribution >= 4 is 5.84 Å². The first-order chi connectivity index (χ1) is 4.70. The lowest BCUT2D eigenvalue weighted by molar-refractivity contribution is 0.0164. The summed E-state index contributed by atoms with van der Waals surface area (Å²) in [7, 11) is 2.00. The van der Waals surface area contributed by atoms with E-state index in [-0.39, 0.29) is 11.9 Å². The van der Waals surface area contributed by atoms with Crippen LogP contribution >= 0.6 is 0 Å². The Kier molecular flexibility index (Phi) is 2.24. The van der Waals surface area contributed by atoms with Crippen molar-refractivity contribution in [3.63, 3.8) is 0 Å². The van der Waals surface area contributed by atoms with E-state index in [1.807, 2.05) is 7.05 Å². The SMILES string of the molecule is CN1CCOC(C(=N)N)C1. The van der Waals surface area contributed by atoms with Gasteiger partial charge in [0.25, 0.3) is 0 Å². The second kappa shape index (κ2) is 2.98. The molecule has 1 saturated heterocycles. The molecule has 1 rings (SSSR count). The van der Waals surface area contributed by atoms with Crippen LogP contribution in [0.25, 0.3) is 0 Å². The molecule has 0 bridgehead atoms. The third-order valence-corrected chi connectivity index (χ3v) is 1.62. The minimum Gasteiger partial charge on any atom is -0.385 e. The fourth-order valence-electron chi connectivity index (χ4n) is 0.966. The molecule has 3 N–H and O–H groups in total. The maximum atomic E-state index is 7.10. The summed E-state index contributed by atoms with van der Waals surface area (Å²) in [5.41, 5.74) is 5.26. The van der Waals surface area contributed by atoms with Gasteiger partial charge in [-0.25, -0.2) is 0 Å². The van der Waals surface area contributed by atoms with Crippen LogP contribution in [0.1, 0.15) is 0 Å². The number of rotatable bonds is 1. The Morgan fingerprint density at radius 3 is 2.90 bits per heavy atom. The van der Waals surface area contributed by atoms with Crippen LogP contribution in [-0.2, 0) is 4.74 Å². The third kappa shape index (κ3) is 1.68. The van der Waals surface area contributed by atoms with E-state index in [0.717, 1.165) is 13.1 Å². The lowest BCUT2D eigenvalue weighted by Gasteiger charge is -2.28. The topological polar surface area (TPSA) is 62.3 Å². The minimum absolute atomic E-state index is 0.131. The van der Waals surface area contributed by atoms with Crippen molar-refractivity contribution < 1.29 is 4.74 Å². The third-order valence-electron chi connectivity index (χ3n) is 1.62. The van der Waals surface area contributed by atoms with Gasteiger partial charge in [-0.05, 0) is 7.05 Å². The van der Waals surface area contributed by atoms with Crippen molar-refractivity contribution in [1.82, 2.24) is 4.90 Å². The molecule has 0 aliphatic carbocycles. The van der Waals surface area contributed by atoms with E-state index in [0.29, 0.717) is 6.61 Å². The Bertz CT molecular complexity index is 137. The van der Waals surface area contributed by atoms with E-state index in [4.69, 9.17) is 15.9 Å². The molecule has 0 aromatic heterocycles. The highest BCUT2D eigenvalue weighted by atomic mass is 16.5. The standard InChI is InChI=1S/C6H13N3O/c1-9-2-3-10-5(4-9)6(7)8/h5H,2-4H2,1H3,(H3,7,8). The molecule has 0 aromatic rings. The van der Waals surface area contributed by atoms with Crippen LogP contribution in [0, 0.1) is 5.41 Å². The summed E-state index contributed by atoms with van der Waals surface area (Å²) >= 11 is 0. The number of nitrogens with one attached hydrogen (secondary N) is 1. The van der Waals surface area contributed by atoms with Crippen molar-refractivity contribution in [2.24, 2.45) is 5.73 Å². The number of nitrogens with zero attached hydrogens (tertiary/aromatic N) is 1. The van der Waals surface area contributed by atoms with Gasteiger partial charge < -0.3 is 15.4 Å². The Balaban J connectivity index is 2.39. The molecule has 4 heteroatoms. The molecule has 0 spiro atoms. The molecule has 0 radical (unpaired) electrons. The first-order valence-corrected chi connectivity index (χ1v) is 3.34. The minimum atomic E-state index is -0.182. The predicted octanol–water partition coefficient (Wildman–Crippen LogP) is -0.747. The monoisotopic (exact) mass is 143 g/mol. The van der Waals surface area contributed by atoms with Crippen molar-refractivity contribution in [2.75, 3.05) is 26.7 Å². The Labute approximate surface area is 60.5 Å². The molecule has 0 aromatic carbocycles. The number of likely N-dealkylation sites (N-methyl/N-ethyl adjacent to an activating group) is 1. The molecule has 1 heterocycles.